The van der Waals surface area contributed by atoms with Crippen molar-refractivity contribution < 1.29 is 9.90 Å². The molecule has 0 aliphatic carbocycles. The Hall–Kier alpha value is -0.280. The molecular formula is C5H10ClNO2. The van der Waals surface area contributed by atoms with Gasteiger partial charge in [-0.05, 0) is 6.92 Å². The lowest BCUT2D eigenvalue weighted by molar-refractivity contribution is -0.134. The van der Waals surface area contributed by atoms with E-state index in [9.17, 15) is 4.79 Å². The zero-order chi connectivity index (χ0) is 7.44. The Bertz CT molecular complexity index is 105. The topological polar surface area (TPSA) is 40.5 Å². The second kappa shape index (κ2) is 3.69. The summed E-state index contributed by atoms with van der Waals surface area (Å²) in [6, 6.07) is 0. The normalized spacial score (nSPS) is 12.9. The van der Waals surface area contributed by atoms with Crippen molar-refractivity contribution in [2.24, 2.45) is 0 Å². The first-order valence-corrected chi connectivity index (χ1v) is 3.12. The molecule has 54 valence electrons. The third-order valence-electron chi connectivity index (χ3n) is 1.07. The van der Waals surface area contributed by atoms with Crippen molar-refractivity contribution in [3.63, 3.8) is 0 Å². The van der Waals surface area contributed by atoms with Gasteiger partial charge in [-0.2, -0.15) is 0 Å². The number of hydrogen-bond acceptors (Lipinski definition) is 2. The van der Waals surface area contributed by atoms with Crippen LogP contribution in [-0.2, 0) is 4.79 Å². The fourth-order valence-corrected chi connectivity index (χ4v) is 0.491. The maximum atomic E-state index is 10.6. The Morgan fingerprint density at radius 2 is 2.33 bits per heavy atom. The number of aliphatic hydroxyl groups excluding tert-OH is 1. The van der Waals surface area contributed by atoms with Crippen molar-refractivity contribution in [2.75, 3.05) is 12.9 Å². The predicted molar refractivity (Wildman–Crippen MR) is 35.2 cm³/mol. The van der Waals surface area contributed by atoms with Crippen LogP contribution in [0.1, 0.15) is 6.92 Å². The summed E-state index contributed by atoms with van der Waals surface area (Å²) in [6.45, 7) is 1.50. The number of aliphatic hydroxyl groups is 1. The number of rotatable bonds is 2. The Morgan fingerprint density at radius 1 is 1.89 bits per heavy atom. The van der Waals surface area contributed by atoms with Crippen molar-refractivity contribution in [3.05, 3.63) is 0 Å². The Labute approximate surface area is 59.2 Å². The largest absolute Gasteiger partial charge is 0.374 e. The molecule has 0 rings (SSSR count). The third kappa shape index (κ3) is 2.67. The van der Waals surface area contributed by atoms with Gasteiger partial charge in [0.2, 0.25) is 5.91 Å². The summed E-state index contributed by atoms with van der Waals surface area (Å²) in [7, 11) is 1.50. The van der Waals surface area contributed by atoms with E-state index in [1.807, 2.05) is 0 Å². The van der Waals surface area contributed by atoms with Crippen molar-refractivity contribution in [1.29, 1.82) is 0 Å². The zero-order valence-corrected chi connectivity index (χ0v) is 6.22. The van der Waals surface area contributed by atoms with Gasteiger partial charge < -0.3 is 10.0 Å². The molecule has 0 saturated heterocycles. The lowest BCUT2D eigenvalue weighted by Crippen LogP contribution is -2.35. The van der Waals surface area contributed by atoms with Crippen LogP contribution >= 0.6 is 11.6 Å². The molecular weight excluding hydrogens is 142 g/mol. The van der Waals surface area contributed by atoms with E-state index >= 15 is 0 Å². The summed E-state index contributed by atoms with van der Waals surface area (Å²) >= 11 is 5.19. The first-order valence-electron chi connectivity index (χ1n) is 2.59. The minimum atomic E-state index is -0.753. The summed E-state index contributed by atoms with van der Waals surface area (Å²) in [4.78, 5) is 11.8. The highest BCUT2D eigenvalue weighted by molar-refractivity contribution is 6.27. The number of carbonyl (C=O) groups excluding carboxylic acids is 1. The van der Waals surface area contributed by atoms with Gasteiger partial charge in [-0.25, -0.2) is 0 Å². The number of nitrogens with zero attached hydrogens (tertiary/aromatic N) is 1. The molecule has 1 atom stereocenters. The van der Waals surface area contributed by atoms with E-state index in [2.05, 4.69) is 0 Å². The molecule has 3 nitrogen and oxygen atoms in total. The first kappa shape index (κ1) is 8.72. The second-order valence-corrected chi connectivity index (χ2v) is 2.04. The van der Waals surface area contributed by atoms with Crippen LogP contribution in [0.5, 0.6) is 0 Å². The molecule has 9 heavy (non-hydrogen) atoms. The molecule has 0 aliphatic heterocycles. The summed E-state index contributed by atoms with van der Waals surface area (Å²) in [6.07, 6.45) is -0.753. The van der Waals surface area contributed by atoms with Crippen molar-refractivity contribution in [2.45, 2.75) is 13.2 Å². The van der Waals surface area contributed by atoms with Crippen LogP contribution in [0.15, 0.2) is 0 Å². The Kier molecular flexibility index (Phi) is 3.58. The summed E-state index contributed by atoms with van der Waals surface area (Å²) in [5, 5.41) is 8.77. The highest BCUT2D eigenvalue weighted by Crippen LogP contribution is 1.92. The van der Waals surface area contributed by atoms with E-state index < -0.39 is 6.23 Å². The smallest absolute Gasteiger partial charge is 0.239 e. The summed E-state index contributed by atoms with van der Waals surface area (Å²) in [5.41, 5.74) is 0. The van der Waals surface area contributed by atoms with E-state index in [1.165, 1.54) is 18.9 Å². The quantitative estimate of drug-likeness (QED) is 0.447. The van der Waals surface area contributed by atoms with Crippen molar-refractivity contribution >= 4 is 17.5 Å². The molecule has 0 fully saturated rings. The standard InChI is InChI=1S/C5H10ClNO2/c1-4(8)7(2)5(9)3-6/h4,8H,3H2,1-2H3. The van der Waals surface area contributed by atoms with Gasteiger partial charge in [-0.3, -0.25) is 4.79 Å². The fraction of sp³-hybridized carbons (Fsp3) is 0.800. The monoisotopic (exact) mass is 151 g/mol. The minimum Gasteiger partial charge on any atom is -0.374 e. The molecule has 0 saturated carbocycles. The molecule has 1 N–H and O–H groups in total. The molecule has 0 radical (unpaired) electrons. The molecule has 0 spiro atoms. The average Bonchev–Trinajstić information content (AvgIpc) is 1.84. The predicted octanol–water partition coefficient (Wildman–Crippen LogP) is 0.0219. The van der Waals surface area contributed by atoms with Crippen LogP contribution in [0.25, 0.3) is 0 Å². The molecule has 0 aliphatic rings. The molecule has 4 heteroatoms. The van der Waals surface area contributed by atoms with Gasteiger partial charge in [0.15, 0.2) is 0 Å². The molecule has 0 bridgehead atoms. The molecule has 0 aromatic carbocycles. The molecule has 0 aromatic rings. The average molecular weight is 152 g/mol. The molecule has 0 heterocycles. The maximum absolute atomic E-state index is 10.6. The first-order chi connectivity index (χ1) is 4.09. The van der Waals surface area contributed by atoms with Crippen LogP contribution in [0.3, 0.4) is 0 Å². The minimum absolute atomic E-state index is 0.0819. The van der Waals surface area contributed by atoms with Gasteiger partial charge >= 0.3 is 0 Å². The number of halogens is 1. The molecule has 1 unspecified atom stereocenters. The van der Waals surface area contributed by atoms with Gasteiger partial charge in [0.1, 0.15) is 12.1 Å². The SMILES string of the molecule is CC(O)N(C)C(=O)CCl. The van der Waals surface area contributed by atoms with Crippen LogP contribution in [0.2, 0.25) is 0 Å². The van der Waals surface area contributed by atoms with Crippen LogP contribution in [-0.4, -0.2) is 35.1 Å². The van der Waals surface area contributed by atoms with Gasteiger partial charge in [0, 0.05) is 7.05 Å². The summed E-state index contributed by atoms with van der Waals surface area (Å²) in [5.74, 6) is -0.354. The Balaban J connectivity index is 3.72. The maximum Gasteiger partial charge on any atom is 0.239 e. The van der Waals surface area contributed by atoms with E-state index in [0.717, 1.165) is 0 Å². The lowest BCUT2D eigenvalue weighted by Gasteiger charge is -2.18. The number of amides is 1. The fourth-order valence-electron chi connectivity index (χ4n) is 0.303. The third-order valence-corrected chi connectivity index (χ3v) is 1.30. The van der Waals surface area contributed by atoms with Gasteiger partial charge in [0.25, 0.3) is 0 Å². The molecule has 0 aromatic heterocycles. The Morgan fingerprint density at radius 3 is 2.44 bits per heavy atom. The van der Waals surface area contributed by atoms with Crippen molar-refractivity contribution in [1.82, 2.24) is 4.90 Å². The summed E-state index contributed by atoms with van der Waals surface area (Å²) < 4.78 is 0. The number of carbonyl (C=O) groups is 1. The van der Waals surface area contributed by atoms with E-state index in [4.69, 9.17) is 16.7 Å². The highest BCUT2D eigenvalue weighted by atomic mass is 35.5. The van der Waals surface area contributed by atoms with Gasteiger partial charge in [-0.15, -0.1) is 11.6 Å². The van der Waals surface area contributed by atoms with Crippen LogP contribution in [0, 0.1) is 0 Å². The molecule has 1 amide bonds. The van der Waals surface area contributed by atoms with Crippen LogP contribution < -0.4 is 0 Å². The number of alkyl halides is 1. The van der Waals surface area contributed by atoms with Crippen LogP contribution in [0.4, 0.5) is 0 Å². The zero-order valence-electron chi connectivity index (χ0n) is 5.47. The number of hydrogen-bond donors (Lipinski definition) is 1. The van der Waals surface area contributed by atoms with E-state index in [0.29, 0.717) is 0 Å². The van der Waals surface area contributed by atoms with Gasteiger partial charge in [-0.1, -0.05) is 0 Å². The highest BCUT2D eigenvalue weighted by Gasteiger charge is 2.10. The van der Waals surface area contributed by atoms with Crippen molar-refractivity contribution in [3.8, 4) is 0 Å². The van der Waals surface area contributed by atoms with Gasteiger partial charge in [0.05, 0.1) is 0 Å². The van der Waals surface area contributed by atoms with E-state index in [-0.39, 0.29) is 11.8 Å². The lowest BCUT2D eigenvalue weighted by atomic mass is 10.5. The second-order valence-electron chi connectivity index (χ2n) is 1.77. The van der Waals surface area contributed by atoms with E-state index in [1.54, 1.807) is 0 Å².